The highest BCUT2D eigenvalue weighted by molar-refractivity contribution is 5.78. The third kappa shape index (κ3) is 2.61. The Morgan fingerprint density at radius 3 is 3.31 bits per heavy atom. The maximum absolute atomic E-state index is 11.6. The van der Waals surface area contributed by atoms with Crippen molar-refractivity contribution in [1.82, 2.24) is 20.2 Å². The Labute approximate surface area is 95.2 Å². The second-order valence-corrected chi connectivity index (χ2v) is 4.22. The number of nitrogens with zero attached hydrogens (tertiary/aromatic N) is 2. The van der Waals surface area contributed by atoms with E-state index < -0.39 is 0 Å². The van der Waals surface area contributed by atoms with Gasteiger partial charge in [0.1, 0.15) is 5.82 Å². The molecule has 1 fully saturated rings. The molecule has 1 aliphatic heterocycles. The molecule has 0 aromatic carbocycles. The van der Waals surface area contributed by atoms with Gasteiger partial charge in [-0.2, -0.15) is 0 Å². The number of imidazole rings is 1. The summed E-state index contributed by atoms with van der Waals surface area (Å²) in [6, 6.07) is 0. The Balaban J connectivity index is 1.89. The molecule has 1 atom stereocenters. The van der Waals surface area contributed by atoms with Crippen molar-refractivity contribution in [3.05, 3.63) is 18.2 Å². The second kappa shape index (κ2) is 5.12. The van der Waals surface area contributed by atoms with E-state index in [1.807, 2.05) is 6.20 Å². The molecule has 2 rings (SSSR count). The predicted octanol–water partition coefficient (Wildman–Crippen LogP) is 0.368. The van der Waals surface area contributed by atoms with Crippen LogP contribution in [0.2, 0.25) is 0 Å². The molecule has 88 valence electrons. The molecule has 0 aliphatic carbocycles. The van der Waals surface area contributed by atoms with Gasteiger partial charge in [-0.15, -0.1) is 0 Å². The van der Waals surface area contributed by atoms with Gasteiger partial charge >= 0.3 is 0 Å². The SMILES string of the molecule is CNC(=O)[C@@H]1CCCN(Cc2ncc[nH]2)C1. The van der Waals surface area contributed by atoms with E-state index in [0.29, 0.717) is 0 Å². The molecular weight excluding hydrogens is 204 g/mol. The van der Waals surface area contributed by atoms with Crippen LogP contribution in [0.25, 0.3) is 0 Å². The number of likely N-dealkylation sites (tertiary alicyclic amines) is 1. The van der Waals surface area contributed by atoms with Gasteiger partial charge < -0.3 is 10.3 Å². The lowest BCUT2D eigenvalue weighted by Crippen LogP contribution is -2.41. The molecule has 5 heteroatoms. The van der Waals surface area contributed by atoms with E-state index in [-0.39, 0.29) is 11.8 Å². The highest BCUT2D eigenvalue weighted by Crippen LogP contribution is 2.17. The fourth-order valence-electron chi connectivity index (χ4n) is 2.21. The number of piperidine rings is 1. The van der Waals surface area contributed by atoms with Crippen molar-refractivity contribution in [2.24, 2.45) is 5.92 Å². The van der Waals surface area contributed by atoms with Crippen LogP contribution in [-0.2, 0) is 11.3 Å². The first-order chi connectivity index (χ1) is 7.79. The zero-order valence-electron chi connectivity index (χ0n) is 9.57. The summed E-state index contributed by atoms with van der Waals surface area (Å²) in [7, 11) is 1.70. The average Bonchev–Trinajstić information content (AvgIpc) is 2.81. The third-order valence-corrected chi connectivity index (χ3v) is 3.05. The number of carbonyl (C=O) groups excluding carboxylic acids is 1. The van der Waals surface area contributed by atoms with Crippen LogP contribution < -0.4 is 5.32 Å². The van der Waals surface area contributed by atoms with Gasteiger partial charge in [0.25, 0.3) is 0 Å². The zero-order valence-corrected chi connectivity index (χ0v) is 9.57. The van der Waals surface area contributed by atoms with E-state index >= 15 is 0 Å². The molecule has 5 nitrogen and oxygen atoms in total. The van der Waals surface area contributed by atoms with Crippen LogP contribution in [0.5, 0.6) is 0 Å². The number of rotatable bonds is 3. The Morgan fingerprint density at radius 2 is 2.62 bits per heavy atom. The van der Waals surface area contributed by atoms with Crippen molar-refractivity contribution >= 4 is 5.91 Å². The Bertz CT molecular complexity index is 336. The van der Waals surface area contributed by atoms with Gasteiger partial charge in [-0.3, -0.25) is 9.69 Å². The number of aromatic amines is 1. The molecule has 0 spiro atoms. The van der Waals surface area contributed by atoms with Crippen LogP contribution in [0.3, 0.4) is 0 Å². The third-order valence-electron chi connectivity index (χ3n) is 3.05. The molecule has 16 heavy (non-hydrogen) atoms. The summed E-state index contributed by atoms with van der Waals surface area (Å²) >= 11 is 0. The molecule has 0 bridgehead atoms. The molecule has 1 saturated heterocycles. The van der Waals surface area contributed by atoms with E-state index in [0.717, 1.165) is 38.3 Å². The molecule has 0 unspecified atom stereocenters. The summed E-state index contributed by atoms with van der Waals surface area (Å²) in [6.07, 6.45) is 5.66. The van der Waals surface area contributed by atoms with Gasteiger partial charge in [0, 0.05) is 26.0 Å². The summed E-state index contributed by atoms with van der Waals surface area (Å²) < 4.78 is 0. The van der Waals surface area contributed by atoms with Gasteiger partial charge in [-0.05, 0) is 19.4 Å². The first-order valence-corrected chi connectivity index (χ1v) is 5.72. The monoisotopic (exact) mass is 222 g/mol. The minimum Gasteiger partial charge on any atom is -0.359 e. The Kier molecular flexibility index (Phi) is 3.56. The van der Waals surface area contributed by atoms with Crippen molar-refractivity contribution < 1.29 is 4.79 Å². The van der Waals surface area contributed by atoms with Crippen LogP contribution in [0.15, 0.2) is 12.4 Å². The maximum atomic E-state index is 11.6. The Hall–Kier alpha value is -1.36. The molecular formula is C11H18N4O. The first-order valence-electron chi connectivity index (χ1n) is 5.72. The van der Waals surface area contributed by atoms with E-state index in [4.69, 9.17) is 0 Å². The van der Waals surface area contributed by atoms with Gasteiger partial charge in [0.15, 0.2) is 0 Å². The summed E-state index contributed by atoms with van der Waals surface area (Å²) in [5.41, 5.74) is 0. The first kappa shape index (κ1) is 11.1. The lowest BCUT2D eigenvalue weighted by atomic mass is 9.97. The molecule has 1 aromatic heterocycles. The number of carbonyl (C=O) groups is 1. The lowest BCUT2D eigenvalue weighted by Gasteiger charge is -2.30. The van der Waals surface area contributed by atoms with Crippen molar-refractivity contribution in [1.29, 1.82) is 0 Å². The van der Waals surface area contributed by atoms with Crippen LogP contribution in [0.4, 0.5) is 0 Å². The van der Waals surface area contributed by atoms with Crippen LogP contribution in [0.1, 0.15) is 18.7 Å². The minimum absolute atomic E-state index is 0.133. The summed E-state index contributed by atoms with van der Waals surface area (Å²) in [5.74, 6) is 1.26. The van der Waals surface area contributed by atoms with Crippen LogP contribution in [0, 0.1) is 5.92 Å². The standard InChI is InChI=1S/C11H18N4O/c1-12-11(16)9-3-2-6-15(7-9)8-10-13-4-5-14-10/h4-5,9H,2-3,6-8H2,1H3,(H,12,16)(H,13,14)/t9-/m1/s1. The summed E-state index contributed by atoms with van der Waals surface area (Å²) in [5, 5.41) is 2.73. The topological polar surface area (TPSA) is 61.0 Å². The second-order valence-electron chi connectivity index (χ2n) is 4.22. The smallest absolute Gasteiger partial charge is 0.224 e. The maximum Gasteiger partial charge on any atom is 0.224 e. The number of hydrogen-bond donors (Lipinski definition) is 2. The fourth-order valence-corrected chi connectivity index (χ4v) is 2.21. The quantitative estimate of drug-likeness (QED) is 0.776. The van der Waals surface area contributed by atoms with Crippen LogP contribution in [-0.4, -0.2) is 40.9 Å². The van der Waals surface area contributed by atoms with Crippen molar-refractivity contribution in [2.45, 2.75) is 19.4 Å². The minimum atomic E-state index is 0.133. The number of H-pyrrole nitrogens is 1. The van der Waals surface area contributed by atoms with Gasteiger partial charge in [-0.1, -0.05) is 0 Å². The molecule has 1 aliphatic rings. The van der Waals surface area contributed by atoms with E-state index in [1.165, 1.54) is 0 Å². The molecule has 2 heterocycles. The number of aromatic nitrogens is 2. The van der Waals surface area contributed by atoms with E-state index in [2.05, 4.69) is 20.2 Å². The number of hydrogen-bond acceptors (Lipinski definition) is 3. The largest absolute Gasteiger partial charge is 0.359 e. The molecule has 1 aromatic rings. The average molecular weight is 222 g/mol. The molecule has 0 radical (unpaired) electrons. The molecule has 1 amide bonds. The van der Waals surface area contributed by atoms with E-state index in [9.17, 15) is 4.79 Å². The zero-order chi connectivity index (χ0) is 11.4. The van der Waals surface area contributed by atoms with Crippen molar-refractivity contribution in [3.63, 3.8) is 0 Å². The number of amides is 1. The highest BCUT2D eigenvalue weighted by Gasteiger charge is 2.25. The number of nitrogens with one attached hydrogen (secondary N) is 2. The van der Waals surface area contributed by atoms with E-state index in [1.54, 1.807) is 13.2 Å². The van der Waals surface area contributed by atoms with Crippen LogP contribution >= 0.6 is 0 Å². The summed E-state index contributed by atoms with van der Waals surface area (Å²) in [4.78, 5) is 21.1. The molecule has 2 N–H and O–H groups in total. The Morgan fingerprint density at radius 1 is 1.75 bits per heavy atom. The van der Waals surface area contributed by atoms with Crippen molar-refractivity contribution in [2.75, 3.05) is 20.1 Å². The predicted molar refractivity (Wildman–Crippen MR) is 60.7 cm³/mol. The van der Waals surface area contributed by atoms with Gasteiger partial charge in [0.2, 0.25) is 5.91 Å². The van der Waals surface area contributed by atoms with Gasteiger partial charge in [0.05, 0.1) is 12.5 Å². The van der Waals surface area contributed by atoms with Crippen molar-refractivity contribution in [3.8, 4) is 0 Å². The highest BCUT2D eigenvalue weighted by atomic mass is 16.1. The summed E-state index contributed by atoms with van der Waals surface area (Å²) in [6.45, 7) is 2.69. The molecule has 0 saturated carbocycles. The van der Waals surface area contributed by atoms with Gasteiger partial charge in [-0.25, -0.2) is 4.98 Å². The normalized spacial score (nSPS) is 21.9. The fraction of sp³-hybridized carbons (Fsp3) is 0.636. The lowest BCUT2D eigenvalue weighted by molar-refractivity contribution is -0.126.